The standard InChI is InChI=1S/C11H10ClF6NO2/c12-9-7(11(16,17)18)1-5(10(13,14)15)2-8(9)19-3-6(21)4-20/h1-2,6,19-21H,3-4H2. The van der Waals surface area contributed by atoms with Crippen molar-refractivity contribution >= 4 is 17.3 Å². The van der Waals surface area contributed by atoms with Gasteiger partial charge in [0.2, 0.25) is 0 Å². The fraction of sp³-hybridized carbons (Fsp3) is 0.455. The van der Waals surface area contributed by atoms with Crippen molar-refractivity contribution in [1.29, 1.82) is 0 Å². The lowest BCUT2D eigenvalue weighted by Gasteiger charge is -2.18. The van der Waals surface area contributed by atoms with Gasteiger partial charge in [0.15, 0.2) is 0 Å². The van der Waals surface area contributed by atoms with Crippen molar-refractivity contribution in [3.05, 3.63) is 28.3 Å². The number of halogens is 7. The molecule has 1 aromatic rings. The quantitative estimate of drug-likeness (QED) is 0.740. The molecule has 0 aliphatic carbocycles. The molecule has 3 nitrogen and oxygen atoms in total. The second-order valence-electron chi connectivity index (χ2n) is 4.10. The van der Waals surface area contributed by atoms with E-state index in [1.807, 2.05) is 0 Å². The van der Waals surface area contributed by atoms with Crippen LogP contribution in [0.25, 0.3) is 0 Å². The fourth-order valence-corrected chi connectivity index (χ4v) is 1.70. The highest BCUT2D eigenvalue weighted by molar-refractivity contribution is 6.34. The van der Waals surface area contributed by atoms with Gasteiger partial charge in [-0.25, -0.2) is 0 Å². The molecular weight excluding hydrogens is 328 g/mol. The van der Waals surface area contributed by atoms with Crippen molar-refractivity contribution in [1.82, 2.24) is 0 Å². The van der Waals surface area contributed by atoms with Crippen LogP contribution in [0, 0.1) is 0 Å². The Labute approximate surface area is 120 Å². The van der Waals surface area contributed by atoms with Crippen LogP contribution in [-0.4, -0.2) is 29.5 Å². The van der Waals surface area contributed by atoms with E-state index >= 15 is 0 Å². The largest absolute Gasteiger partial charge is 0.417 e. The number of hydrogen-bond donors (Lipinski definition) is 3. The summed E-state index contributed by atoms with van der Waals surface area (Å²) in [6, 6.07) is 0.317. The van der Waals surface area contributed by atoms with Gasteiger partial charge < -0.3 is 15.5 Å². The minimum atomic E-state index is -5.07. The average Bonchev–Trinajstić information content (AvgIpc) is 2.34. The first-order valence-corrected chi connectivity index (χ1v) is 5.85. The topological polar surface area (TPSA) is 52.5 Å². The van der Waals surface area contributed by atoms with Crippen molar-refractivity contribution in [3.63, 3.8) is 0 Å². The molecule has 0 spiro atoms. The molecule has 21 heavy (non-hydrogen) atoms. The molecule has 0 aliphatic rings. The SMILES string of the molecule is OCC(O)CNc1cc(C(F)(F)F)cc(C(F)(F)F)c1Cl. The first-order valence-electron chi connectivity index (χ1n) is 5.47. The highest BCUT2D eigenvalue weighted by atomic mass is 35.5. The van der Waals surface area contributed by atoms with Crippen LogP contribution in [0.15, 0.2) is 12.1 Å². The molecule has 0 fully saturated rings. The summed E-state index contributed by atoms with van der Waals surface area (Å²) < 4.78 is 75.9. The molecule has 0 heterocycles. The third-order valence-electron chi connectivity index (χ3n) is 2.44. The van der Waals surface area contributed by atoms with Crippen LogP contribution in [0.1, 0.15) is 11.1 Å². The minimum absolute atomic E-state index is 0.0873. The van der Waals surface area contributed by atoms with E-state index in [1.54, 1.807) is 0 Å². The Kier molecular flexibility index (Phi) is 5.35. The molecule has 0 aliphatic heterocycles. The molecule has 1 atom stereocenters. The van der Waals surface area contributed by atoms with Crippen LogP contribution in [0.2, 0.25) is 5.02 Å². The van der Waals surface area contributed by atoms with Crippen molar-refractivity contribution in [2.45, 2.75) is 18.5 Å². The van der Waals surface area contributed by atoms with Gasteiger partial charge in [-0.3, -0.25) is 0 Å². The van der Waals surface area contributed by atoms with Crippen LogP contribution in [0.4, 0.5) is 32.0 Å². The van der Waals surface area contributed by atoms with Crippen molar-refractivity contribution < 1.29 is 36.6 Å². The maximum atomic E-state index is 12.7. The van der Waals surface area contributed by atoms with E-state index in [1.165, 1.54) is 0 Å². The monoisotopic (exact) mass is 337 g/mol. The molecule has 0 radical (unpaired) electrons. The number of alkyl halides is 6. The highest BCUT2D eigenvalue weighted by Crippen LogP contribution is 2.42. The van der Waals surface area contributed by atoms with E-state index in [-0.39, 0.29) is 6.07 Å². The Morgan fingerprint density at radius 1 is 1.10 bits per heavy atom. The lowest BCUT2D eigenvalue weighted by molar-refractivity contribution is -0.142. The Morgan fingerprint density at radius 2 is 1.67 bits per heavy atom. The van der Waals surface area contributed by atoms with E-state index in [0.29, 0.717) is 6.07 Å². The number of aliphatic hydroxyl groups is 2. The molecule has 0 amide bonds. The number of nitrogens with one attached hydrogen (secondary N) is 1. The summed E-state index contributed by atoms with van der Waals surface area (Å²) in [6.07, 6.45) is -11.4. The number of hydrogen-bond acceptors (Lipinski definition) is 3. The summed E-state index contributed by atoms with van der Waals surface area (Å²) in [4.78, 5) is 0. The highest BCUT2D eigenvalue weighted by Gasteiger charge is 2.39. The van der Waals surface area contributed by atoms with E-state index in [2.05, 4.69) is 5.32 Å². The maximum absolute atomic E-state index is 12.7. The van der Waals surface area contributed by atoms with Gasteiger partial charge in [-0.2, -0.15) is 26.3 Å². The number of aliphatic hydroxyl groups excluding tert-OH is 2. The van der Waals surface area contributed by atoms with E-state index in [9.17, 15) is 26.3 Å². The van der Waals surface area contributed by atoms with Gasteiger partial charge in [0.05, 0.1) is 34.5 Å². The summed E-state index contributed by atoms with van der Waals surface area (Å²) in [5, 5.41) is 18.8. The molecule has 0 saturated carbocycles. The van der Waals surface area contributed by atoms with Crippen LogP contribution in [0.3, 0.4) is 0 Å². The zero-order valence-corrected chi connectivity index (χ0v) is 10.9. The number of anilines is 1. The Balaban J connectivity index is 3.29. The van der Waals surface area contributed by atoms with Gasteiger partial charge >= 0.3 is 12.4 Å². The Bertz CT molecular complexity index is 503. The maximum Gasteiger partial charge on any atom is 0.417 e. The van der Waals surface area contributed by atoms with Crippen molar-refractivity contribution in [2.75, 3.05) is 18.5 Å². The van der Waals surface area contributed by atoms with Gasteiger partial charge in [-0.1, -0.05) is 11.6 Å². The molecule has 1 rings (SSSR count). The summed E-state index contributed by atoms with van der Waals surface area (Å²) in [5.74, 6) is 0. The molecule has 10 heteroatoms. The predicted molar refractivity (Wildman–Crippen MR) is 63.0 cm³/mol. The van der Waals surface area contributed by atoms with Crippen LogP contribution < -0.4 is 5.32 Å². The van der Waals surface area contributed by atoms with E-state index in [0.717, 1.165) is 0 Å². The smallest absolute Gasteiger partial charge is 0.394 e. The second-order valence-corrected chi connectivity index (χ2v) is 4.48. The molecule has 0 bridgehead atoms. The predicted octanol–water partition coefficient (Wildman–Crippen LogP) is 3.14. The van der Waals surface area contributed by atoms with Crippen molar-refractivity contribution in [2.24, 2.45) is 0 Å². The Hall–Kier alpha value is -1.19. The zero-order chi connectivity index (χ0) is 16.4. The molecule has 0 aromatic heterocycles. The fourth-order valence-electron chi connectivity index (χ4n) is 1.42. The molecule has 120 valence electrons. The molecule has 0 saturated heterocycles. The van der Waals surface area contributed by atoms with E-state index in [4.69, 9.17) is 21.8 Å². The van der Waals surface area contributed by atoms with Gasteiger partial charge in [-0.15, -0.1) is 0 Å². The van der Waals surface area contributed by atoms with Crippen LogP contribution in [0.5, 0.6) is 0 Å². The minimum Gasteiger partial charge on any atom is -0.394 e. The van der Waals surface area contributed by atoms with Crippen LogP contribution in [-0.2, 0) is 12.4 Å². The summed E-state index contributed by atoms with van der Waals surface area (Å²) >= 11 is 5.45. The van der Waals surface area contributed by atoms with Gasteiger partial charge in [0, 0.05) is 6.54 Å². The molecule has 1 aromatic carbocycles. The number of rotatable bonds is 4. The normalized spacial score (nSPS) is 14.1. The summed E-state index contributed by atoms with van der Waals surface area (Å²) in [6.45, 7) is -1.18. The van der Waals surface area contributed by atoms with Crippen molar-refractivity contribution in [3.8, 4) is 0 Å². The van der Waals surface area contributed by atoms with Gasteiger partial charge in [-0.05, 0) is 12.1 Å². The summed E-state index contributed by atoms with van der Waals surface area (Å²) in [7, 11) is 0. The van der Waals surface area contributed by atoms with Gasteiger partial charge in [0.1, 0.15) is 0 Å². The summed E-state index contributed by atoms with van der Waals surface area (Å²) in [5.41, 5.74) is -3.80. The Morgan fingerprint density at radius 3 is 2.10 bits per heavy atom. The second kappa shape index (κ2) is 6.29. The first kappa shape index (κ1) is 17.9. The zero-order valence-electron chi connectivity index (χ0n) is 10.2. The van der Waals surface area contributed by atoms with E-state index < -0.39 is 53.4 Å². The average molecular weight is 338 g/mol. The lowest BCUT2D eigenvalue weighted by Crippen LogP contribution is -2.23. The van der Waals surface area contributed by atoms with Crippen LogP contribution >= 0.6 is 11.6 Å². The third kappa shape index (κ3) is 4.65. The molecule has 1 unspecified atom stereocenters. The van der Waals surface area contributed by atoms with Gasteiger partial charge in [0.25, 0.3) is 0 Å². The third-order valence-corrected chi connectivity index (χ3v) is 2.85. The first-order chi connectivity index (χ1) is 9.46. The molecular formula is C11H10ClF6NO2. The lowest BCUT2D eigenvalue weighted by atomic mass is 10.1. The molecule has 3 N–H and O–H groups in total. The number of benzene rings is 1.